The number of halogens is 1. The maximum absolute atomic E-state index is 6.04. The molecule has 0 fully saturated rings. The van der Waals surface area contributed by atoms with E-state index in [9.17, 15) is 0 Å². The third kappa shape index (κ3) is 2.73. The molecule has 21 heavy (non-hydrogen) atoms. The molecule has 0 saturated carbocycles. The Bertz CT molecular complexity index is 770. The van der Waals surface area contributed by atoms with Crippen LogP contribution < -0.4 is 10.6 Å². The summed E-state index contributed by atoms with van der Waals surface area (Å²) >= 11 is 6.04. The second kappa shape index (κ2) is 5.93. The van der Waals surface area contributed by atoms with Gasteiger partial charge in [-0.05, 0) is 11.6 Å². The average molecular weight is 300 g/mol. The van der Waals surface area contributed by atoms with Gasteiger partial charge in [-0.3, -0.25) is 4.98 Å². The van der Waals surface area contributed by atoms with Crippen molar-refractivity contribution in [3.63, 3.8) is 0 Å². The number of para-hydroxylation sites is 1. The van der Waals surface area contributed by atoms with E-state index in [4.69, 9.17) is 11.6 Å². The van der Waals surface area contributed by atoms with Crippen molar-refractivity contribution >= 4 is 34.0 Å². The van der Waals surface area contributed by atoms with Gasteiger partial charge >= 0.3 is 0 Å². The van der Waals surface area contributed by atoms with E-state index in [1.165, 1.54) is 6.33 Å². The lowest BCUT2D eigenvalue weighted by Gasteiger charge is -2.12. The molecule has 0 atom stereocenters. The molecule has 0 aliphatic carbocycles. The highest BCUT2D eigenvalue weighted by Gasteiger charge is 2.08. The second-order valence-corrected chi connectivity index (χ2v) is 4.84. The van der Waals surface area contributed by atoms with Crippen molar-refractivity contribution in [2.45, 2.75) is 6.54 Å². The van der Waals surface area contributed by atoms with Crippen LogP contribution in [-0.4, -0.2) is 22.0 Å². The Kier molecular flexibility index (Phi) is 3.83. The lowest BCUT2D eigenvalue weighted by molar-refractivity contribution is 1.08. The number of anilines is 2. The minimum Gasteiger partial charge on any atom is -0.383 e. The number of nitrogens with one attached hydrogen (secondary N) is 2. The molecule has 0 unspecified atom stereocenters. The topological polar surface area (TPSA) is 62.7 Å². The lowest BCUT2D eigenvalue weighted by Crippen LogP contribution is -2.06. The number of hydrogen-bond donors (Lipinski definition) is 2. The molecule has 106 valence electrons. The third-order valence-electron chi connectivity index (χ3n) is 3.21. The van der Waals surface area contributed by atoms with Gasteiger partial charge < -0.3 is 10.6 Å². The predicted molar refractivity (Wildman–Crippen MR) is 85.7 cm³/mol. The molecule has 3 aromatic rings. The molecule has 0 radical (unpaired) electrons. The maximum atomic E-state index is 6.04. The normalized spacial score (nSPS) is 10.6. The fourth-order valence-electron chi connectivity index (χ4n) is 2.21. The highest BCUT2D eigenvalue weighted by Crippen LogP contribution is 2.26. The van der Waals surface area contributed by atoms with Crippen molar-refractivity contribution in [3.8, 4) is 0 Å². The Labute approximate surface area is 127 Å². The Morgan fingerprint density at radius 3 is 2.81 bits per heavy atom. The van der Waals surface area contributed by atoms with Crippen LogP contribution in [0.3, 0.4) is 0 Å². The van der Waals surface area contributed by atoms with E-state index in [1.807, 2.05) is 30.3 Å². The first-order valence-electron chi connectivity index (χ1n) is 6.54. The molecule has 3 rings (SSSR count). The van der Waals surface area contributed by atoms with Gasteiger partial charge in [0.15, 0.2) is 11.0 Å². The first-order valence-corrected chi connectivity index (χ1v) is 6.92. The first kappa shape index (κ1) is 13.6. The molecule has 0 saturated heterocycles. The zero-order chi connectivity index (χ0) is 14.7. The molecular weight excluding hydrogens is 286 g/mol. The Morgan fingerprint density at radius 2 is 1.95 bits per heavy atom. The lowest BCUT2D eigenvalue weighted by atomic mass is 10.1. The molecule has 6 heteroatoms. The fourth-order valence-corrected chi connectivity index (χ4v) is 2.44. The average Bonchev–Trinajstić information content (AvgIpc) is 2.53. The van der Waals surface area contributed by atoms with Gasteiger partial charge in [-0.25, -0.2) is 9.97 Å². The summed E-state index contributed by atoms with van der Waals surface area (Å²) in [6.07, 6.45) is 3.24. The standard InChI is InChI=1S/C15H14ClN5/c1-17-13-14(16)20-9-21-15(13)19-8-11-5-2-4-10-6-3-7-18-12(10)11/h2-7,9,17H,8H2,1H3,(H,19,20,21). The number of hydrogen-bond acceptors (Lipinski definition) is 5. The zero-order valence-electron chi connectivity index (χ0n) is 11.5. The van der Waals surface area contributed by atoms with E-state index < -0.39 is 0 Å². The summed E-state index contributed by atoms with van der Waals surface area (Å²) in [7, 11) is 1.79. The summed E-state index contributed by atoms with van der Waals surface area (Å²) in [4.78, 5) is 12.6. The molecule has 0 aliphatic heterocycles. The van der Waals surface area contributed by atoms with Crippen molar-refractivity contribution in [3.05, 3.63) is 53.6 Å². The monoisotopic (exact) mass is 299 g/mol. The Balaban J connectivity index is 1.89. The predicted octanol–water partition coefficient (Wildman–Crippen LogP) is 3.33. The Hall–Kier alpha value is -2.40. The largest absolute Gasteiger partial charge is 0.383 e. The van der Waals surface area contributed by atoms with Gasteiger partial charge in [0, 0.05) is 25.2 Å². The second-order valence-electron chi connectivity index (χ2n) is 4.48. The summed E-state index contributed by atoms with van der Waals surface area (Å²) in [5.74, 6) is 0.672. The van der Waals surface area contributed by atoms with Crippen molar-refractivity contribution in [2.75, 3.05) is 17.7 Å². The van der Waals surface area contributed by atoms with Gasteiger partial charge in [0.25, 0.3) is 0 Å². The molecule has 0 amide bonds. The van der Waals surface area contributed by atoms with Crippen LogP contribution in [0.2, 0.25) is 5.15 Å². The van der Waals surface area contributed by atoms with E-state index in [1.54, 1.807) is 13.2 Å². The van der Waals surface area contributed by atoms with Crippen molar-refractivity contribution < 1.29 is 0 Å². The van der Waals surface area contributed by atoms with Crippen LogP contribution in [0.15, 0.2) is 42.9 Å². The maximum Gasteiger partial charge on any atom is 0.157 e. The van der Waals surface area contributed by atoms with E-state index >= 15 is 0 Å². The van der Waals surface area contributed by atoms with Gasteiger partial charge in [-0.15, -0.1) is 0 Å². The number of aromatic nitrogens is 3. The van der Waals surface area contributed by atoms with Gasteiger partial charge in [0.1, 0.15) is 12.0 Å². The summed E-state index contributed by atoms with van der Waals surface area (Å²) in [6, 6.07) is 10.1. The van der Waals surface area contributed by atoms with Crippen LogP contribution in [0.4, 0.5) is 11.5 Å². The van der Waals surface area contributed by atoms with Crippen molar-refractivity contribution in [1.82, 2.24) is 15.0 Å². The zero-order valence-corrected chi connectivity index (χ0v) is 12.2. The van der Waals surface area contributed by atoms with Crippen LogP contribution in [0.1, 0.15) is 5.56 Å². The summed E-state index contributed by atoms with van der Waals surface area (Å²) < 4.78 is 0. The highest BCUT2D eigenvalue weighted by molar-refractivity contribution is 6.32. The van der Waals surface area contributed by atoms with Crippen LogP contribution in [-0.2, 0) is 6.54 Å². The molecule has 0 bridgehead atoms. The molecule has 1 aromatic carbocycles. The SMILES string of the molecule is CNc1c(Cl)ncnc1NCc1cccc2cccnc12. The molecular formula is C15H14ClN5. The van der Waals surface area contributed by atoms with Crippen LogP contribution >= 0.6 is 11.6 Å². The molecule has 5 nitrogen and oxygen atoms in total. The van der Waals surface area contributed by atoms with Crippen molar-refractivity contribution in [1.29, 1.82) is 0 Å². The highest BCUT2D eigenvalue weighted by atomic mass is 35.5. The first-order chi connectivity index (χ1) is 10.3. The van der Waals surface area contributed by atoms with Crippen molar-refractivity contribution in [2.24, 2.45) is 0 Å². The minimum absolute atomic E-state index is 0.394. The number of benzene rings is 1. The number of fused-ring (bicyclic) bond motifs is 1. The van der Waals surface area contributed by atoms with Gasteiger partial charge in [0.2, 0.25) is 0 Å². The molecule has 0 spiro atoms. The van der Waals surface area contributed by atoms with Crippen LogP contribution in [0.5, 0.6) is 0 Å². The third-order valence-corrected chi connectivity index (χ3v) is 3.50. The molecule has 0 aliphatic rings. The van der Waals surface area contributed by atoms with E-state index in [0.717, 1.165) is 16.5 Å². The van der Waals surface area contributed by atoms with Gasteiger partial charge in [-0.1, -0.05) is 35.9 Å². The van der Waals surface area contributed by atoms with Crippen LogP contribution in [0.25, 0.3) is 10.9 Å². The smallest absolute Gasteiger partial charge is 0.157 e. The minimum atomic E-state index is 0.394. The van der Waals surface area contributed by atoms with Gasteiger partial charge in [-0.2, -0.15) is 0 Å². The molecule has 2 heterocycles. The molecule has 2 aromatic heterocycles. The number of pyridine rings is 1. The van der Waals surface area contributed by atoms with E-state index in [2.05, 4.69) is 25.6 Å². The summed E-state index contributed by atoms with van der Waals surface area (Å²) in [5, 5.41) is 7.79. The van der Waals surface area contributed by atoms with Gasteiger partial charge in [0.05, 0.1) is 5.52 Å². The number of nitrogens with zero attached hydrogens (tertiary/aromatic N) is 3. The van der Waals surface area contributed by atoms with E-state index in [-0.39, 0.29) is 0 Å². The summed E-state index contributed by atoms with van der Waals surface area (Å²) in [6.45, 7) is 0.608. The summed E-state index contributed by atoms with van der Waals surface area (Å²) in [5.41, 5.74) is 2.77. The fraction of sp³-hybridized carbons (Fsp3) is 0.133. The Morgan fingerprint density at radius 1 is 1.10 bits per heavy atom. The van der Waals surface area contributed by atoms with Crippen LogP contribution in [0, 0.1) is 0 Å². The number of rotatable bonds is 4. The molecule has 2 N–H and O–H groups in total. The quantitative estimate of drug-likeness (QED) is 0.724. The van der Waals surface area contributed by atoms with E-state index in [0.29, 0.717) is 23.2 Å².